The number of carbonyl (C=O) groups is 1. The molecular formula is C15H31N3O. The second kappa shape index (κ2) is 9.32. The topological polar surface area (TPSA) is 26.8 Å². The number of likely N-dealkylation sites (tertiary alicyclic amines) is 1. The zero-order valence-corrected chi connectivity index (χ0v) is 13.0. The van der Waals surface area contributed by atoms with E-state index in [9.17, 15) is 4.79 Å². The highest BCUT2D eigenvalue weighted by atomic mass is 16.2. The first-order valence-electron chi connectivity index (χ1n) is 7.96. The van der Waals surface area contributed by atoms with Gasteiger partial charge in [0.05, 0.1) is 0 Å². The molecule has 0 N–H and O–H groups in total. The van der Waals surface area contributed by atoms with Crippen LogP contribution in [0.3, 0.4) is 0 Å². The first-order valence-corrected chi connectivity index (χ1v) is 7.96. The maximum Gasteiger partial charge on any atom is 0.219 e. The maximum atomic E-state index is 11.2. The Bertz CT molecular complexity index is 244. The summed E-state index contributed by atoms with van der Waals surface area (Å²) in [6.45, 7) is 14.7. The van der Waals surface area contributed by atoms with Crippen molar-refractivity contribution in [3.05, 3.63) is 0 Å². The van der Waals surface area contributed by atoms with Gasteiger partial charge in [0.2, 0.25) is 5.91 Å². The molecule has 2 heterocycles. The summed E-state index contributed by atoms with van der Waals surface area (Å²) in [5.41, 5.74) is 0. The van der Waals surface area contributed by atoms with Gasteiger partial charge in [-0.3, -0.25) is 9.69 Å². The minimum atomic E-state index is 0.224. The molecule has 0 saturated carbocycles. The van der Waals surface area contributed by atoms with Crippen LogP contribution in [0.4, 0.5) is 0 Å². The van der Waals surface area contributed by atoms with Crippen molar-refractivity contribution in [2.75, 3.05) is 52.4 Å². The lowest BCUT2D eigenvalue weighted by atomic mass is 10.3. The van der Waals surface area contributed by atoms with E-state index in [0.717, 1.165) is 26.2 Å². The zero-order chi connectivity index (χ0) is 14.1. The summed E-state index contributed by atoms with van der Waals surface area (Å²) in [7, 11) is 0. The van der Waals surface area contributed by atoms with Crippen molar-refractivity contribution >= 4 is 5.91 Å². The fourth-order valence-corrected chi connectivity index (χ4v) is 2.81. The second-order valence-corrected chi connectivity index (χ2v) is 5.25. The SMILES string of the molecule is CC.CC(=O)N1CCN(CCCN2CCCC2)CC1. The molecule has 4 nitrogen and oxygen atoms in total. The molecule has 0 bridgehead atoms. The van der Waals surface area contributed by atoms with Crippen molar-refractivity contribution < 1.29 is 4.79 Å². The van der Waals surface area contributed by atoms with Gasteiger partial charge in [-0.1, -0.05) is 13.8 Å². The fraction of sp³-hybridized carbons (Fsp3) is 0.933. The van der Waals surface area contributed by atoms with E-state index in [0.29, 0.717) is 0 Å². The molecule has 0 aromatic heterocycles. The molecule has 4 heteroatoms. The molecule has 0 unspecified atom stereocenters. The largest absolute Gasteiger partial charge is 0.340 e. The summed E-state index contributed by atoms with van der Waals surface area (Å²) >= 11 is 0. The average Bonchev–Trinajstić information content (AvgIpc) is 2.95. The van der Waals surface area contributed by atoms with Gasteiger partial charge in [-0.15, -0.1) is 0 Å². The van der Waals surface area contributed by atoms with E-state index < -0.39 is 0 Å². The van der Waals surface area contributed by atoms with Crippen molar-refractivity contribution in [3.63, 3.8) is 0 Å². The van der Waals surface area contributed by atoms with Gasteiger partial charge in [-0.2, -0.15) is 0 Å². The minimum absolute atomic E-state index is 0.224. The standard InChI is InChI=1S/C13H25N3O.C2H6/c1-13(17)16-11-9-15(10-12-16)8-4-7-14-5-2-3-6-14;1-2/h2-12H2,1H3;1-2H3. The lowest BCUT2D eigenvalue weighted by Gasteiger charge is -2.34. The van der Waals surface area contributed by atoms with Crippen molar-refractivity contribution in [1.82, 2.24) is 14.7 Å². The Hall–Kier alpha value is -0.610. The Kier molecular flexibility index (Phi) is 8.07. The van der Waals surface area contributed by atoms with Crippen LogP contribution >= 0.6 is 0 Å². The molecule has 2 aliphatic heterocycles. The van der Waals surface area contributed by atoms with Crippen LogP contribution in [0.15, 0.2) is 0 Å². The molecule has 2 rings (SSSR count). The van der Waals surface area contributed by atoms with E-state index in [2.05, 4.69) is 9.80 Å². The van der Waals surface area contributed by atoms with Crippen LogP contribution in [0.25, 0.3) is 0 Å². The van der Waals surface area contributed by atoms with Crippen LogP contribution in [-0.4, -0.2) is 73.0 Å². The van der Waals surface area contributed by atoms with Gasteiger partial charge in [0, 0.05) is 33.1 Å². The third-order valence-electron chi connectivity index (χ3n) is 3.96. The predicted octanol–water partition coefficient (Wildman–Crippen LogP) is 1.66. The van der Waals surface area contributed by atoms with E-state index >= 15 is 0 Å². The summed E-state index contributed by atoms with van der Waals surface area (Å²) in [6.07, 6.45) is 4.05. The number of nitrogens with zero attached hydrogens (tertiary/aromatic N) is 3. The Morgan fingerprint density at radius 3 is 1.79 bits per heavy atom. The lowest BCUT2D eigenvalue weighted by Crippen LogP contribution is -2.48. The highest BCUT2D eigenvalue weighted by Crippen LogP contribution is 2.08. The van der Waals surface area contributed by atoms with Gasteiger partial charge in [0.15, 0.2) is 0 Å². The summed E-state index contributed by atoms with van der Waals surface area (Å²) in [5.74, 6) is 0.224. The Morgan fingerprint density at radius 2 is 1.32 bits per heavy atom. The Labute approximate surface area is 118 Å². The zero-order valence-electron chi connectivity index (χ0n) is 13.0. The molecule has 2 saturated heterocycles. The minimum Gasteiger partial charge on any atom is -0.340 e. The van der Waals surface area contributed by atoms with Crippen LogP contribution < -0.4 is 0 Å². The molecule has 0 atom stereocenters. The molecule has 0 aromatic carbocycles. The molecule has 19 heavy (non-hydrogen) atoms. The van der Waals surface area contributed by atoms with Crippen LogP contribution in [-0.2, 0) is 4.79 Å². The van der Waals surface area contributed by atoms with Gasteiger partial charge >= 0.3 is 0 Å². The summed E-state index contributed by atoms with van der Waals surface area (Å²) in [4.78, 5) is 18.2. The molecule has 0 spiro atoms. The van der Waals surface area contributed by atoms with E-state index in [1.807, 2.05) is 18.7 Å². The molecule has 2 aliphatic rings. The van der Waals surface area contributed by atoms with E-state index in [-0.39, 0.29) is 5.91 Å². The van der Waals surface area contributed by atoms with Crippen LogP contribution in [0.1, 0.15) is 40.0 Å². The quantitative estimate of drug-likeness (QED) is 0.776. The van der Waals surface area contributed by atoms with Gasteiger partial charge in [-0.05, 0) is 45.4 Å². The Balaban J connectivity index is 0.000000861. The van der Waals surface area contributed by atoms with Crippen molar-refractivity contribution in [1.29, 1.82) is 0 Å². The predicted molar refractivity (Wildman–Crippen MR) is 80.3 cm³/mol. The number of hydrogen-bond acceptors (Lipinski definition) is 3. The normalized spacial score (nSPS) is 21.1. The molecule has 0 radical (unpaired) electrons. The lowest BCUT2D eigenvalue weighted by molar-refractivity contribution is -0.130. The average molecular weight is 269 g/mol. The number of carbonyl (C=O) groups excluding carboxylic acids is 1. The van der Waals surface area contributed by atoms with Gasteiger partial charge < -0.3 is 9.80 Å². The highest BCUT2D eigenvalue weighted by Gasteiger charge is 2.18. The summed E-state index contributed by atoms with van der Waals surface area (Å²) in [5, 5.41) is 0. The number of amides is 1. The third kappa shape index (κ3) is 5.91. The van der Waals surface area contributed by atoms with E-state index in [1.54, 1.807) is 6.92 Å². The van der Waals surface area contributed by atoms with Gasteiger partial charge in [-0.25, -0.2) is 0 Å². The number of rotatable bonds is 4. The van der Waals surface area contributed by atoms with Crippen LogP contribution in [0.5, 0.6) is 0 Å². The second-order valence-electron chi connectivity index (χ2n) is 5.25. The van der Waals surface area contributed by atoms with Crippen molar-refractivity contribution in [2.24, 2.45) is 0 Å². The smallest absolute Gasteiger partial charge is 0.219 e. The number of hydrogen-bond donors (Lipinski definition) is 0. The number of piperazine rings is 1. The van der Waals surface area contributed by atoms with Crippen LogP contribution in [0, 0.1) is 0 Å². The fourth-order valence-electron chi connectivity index (χ4n) is 2.81. The molecule has 0 aromatic rings. The first kappa shape index (κ1) is 16.4. The van der Waals surface area contributed by atoms with Gasteiger partial charge in [0.1, 0.15) is 0 Å². The van der Waals surface area contributed by atoms with Gasteiger partial charge in [0.25, 0.3) is 0 Å². The maximum absolute atomic E-state index is 11.2. The van der Waals surface area contributed by atoms with E-state index in [4.69, 9.17) is 0 Å². The first-order chi connectivity index (χ1) is 9.25. The molecule has 1 amide bonds. The third-order valence-corrected chi connectivity index (χ3v) is 3.96. The highest BCUT2D eigenvalue weighted by molar-refractivity contribution is 5.73. The molecular weight excluding hydrogens is 238 g/mol. The molecule has 112 valence electrons. The summed E-state index contributed by atoms with van der Waals surface area (Å²) < 4.78 is 0. The van der Waals surface area contributed by atoms with Crippen molar-refractivity contribution in [3.8, 4) is 0 Å². The molecule has 2 fully saturated rings. The van der Waals surface area contributed by atoms with Crippen molar-refractivity contribution in [2.45, 2.75) is 40.0 Å². The van der Waals surface area contributed by atoms with E-state index in [1.165, 1.54) is 45.4 Å². The Morgan fingerprint density at radius 1 is 0.842 bits per heavy atom. The molecule has 0 aliphatic carbocycles. The summed E-state index contributed by atoms with van der Waals surface area (Å²) in [6, 6.07) is 0. The van der Waals surface area contributed by atoms with Crippen LogP contribution in [0.2, 0.25) is 0 Å². The monoisotopic (exact) mass is 269 g/mol.